The molecule has 1 amide bonds. The van der Waals surface area contributed by atoms with Crippen LogP contribution in [0.3, 0.4) is 0 Å². The Morgan fingerprint density at radius 2 is 2.16 bits per heavy atom. The molecular weight excluding hydrogens is 267 g/mol. The minimum Gasteiger partial charge on any atom is -0.355 e. The van der Waals surface area contributed by atoms with E-state index in [1.165, 1.54) is 30.2 Å². The zero-order valence-electron chi connectivity index (χ0n) is 10.1. The molecule has 0 radical (unpaired) electrons. The Kier molecular flexibility index (Phi) is 4.91. The van der Waals surface area contributed by atoms with Crippen molar-refractivity contribution in [2.75, 3.05) is 12.3 Å². The van der Waals surface area contributed by atoms with Gasteiger partial charge >= 0.3 is 0 Å². The van der Waals surface area contributed by atoms with Crippen molar-refractivity contribution in [3.63, 3.8) is 0 Å². The molecule has 0 aliphatic carbocycles. The van der Waals surface area contributed by atoms with Crippen molar-refractivity contribution in [1.29, 1.82) is 0 Å². The third kappa shape index (κ3) is 4.70. The summed E-state index contributed by atoms with van der Waals surface area (Å²) >= 11 is 1.29. The Balaban J connectivity index is 1.65. The number of nitrogens with one attached hydrogen (secondary N) is 2. The Morgan fingerprint density at radius 1 is 1.37 bits per heavy atom. The third-order valence-electron chi connectivity index (χ3n) is 2.38. The van der Waals surface area contributed by atoms with Gasteiger partial charge in [-0.3, -0.25) is 9.89 Å². The molecule has 0 saturated heterocycles. The lowest BCUT2D eigenvalue weighted by molar-refractivity contribution is -0.118. The molecule has 0 aliphatic heterocycles. The summed E-state index contributed by atoms with van der Waals surface area (Å²) in [5.74, 6) is -0.0294. The van der Waals surface area contributed by atoms with Crippen LogP contribution in [0.15, 0.2) is 35.7 Å². The first-order chi connectivity index (χ1) is 9.24. The normalized spacial score (nSPS) is 10.4. The Bertz CT molecular complexity index is 515. The monoisotopic (exact) mass is 280 g/mol. The standard InChI is InChI=1S/C12H13FN4OS/c13-10-3-1-9(2-4-10)5-6-14-11(18)7-19-12-15-8-16-17-12/h1-4,8H,5-7H2,(H,14,18)(H,15,16,17). The number of nitrogens with zero attached hydrogens (tertiary/aromatic N) is 2. The molecule has 0 saturated carbocycles. The van der Waals surface area contributed by atoms with Gasteiger partial charge in [0.2, 0.25) is 5.91 Å². The van der Waals surface area contributed by atoms with Gasteiger partial charge in [-0.05, 0) is 24.1 Å². The van der Waals surface area contributed by atoms with E-state index in [9.17, 15) is 9.18 Å². The van der Waals surface area contributed by atoms with Crippen molar-refractivity contribution in [2.45, 2.75) is 11.6 Å². The molecule has 0 unspecified atom stereocenters. The molecule has 0 fully saturated rings. The lowest BCUT2D eigenvalue weighted by atomic mass is 10.1. The summed E-state index contributed by atoms with van der Waals surface area (Å²) in [5, 5.41) is 9.77. The highest BCUT2D eigenvalue weighted by Gasteiger charge is 2.04. The number of carbonyl (C=O) groups is 1. The summed E-state index contributed by atoms with van der Waals surface area (Å²) in [5.41, 5.74) is 0.990. The molecule has 1 aromatic heterocycles. The minimum atomic E-state index is -0.253. The summed E-state index contributed by atoms with van der Waals surface area (Å²) in [6.07, 6.45) is 2.08. The molecular formula is C12H13FN4OS. The first-order valence-corrected chi connectivity index (χ1v) is 6.72. The maximum atomic E-state index is 12.7. The van der Waals surface area contributed by atoms with Crippen LogP contribution in [0.5, 0.6) is 0 Å². The fourth-order valence-electron chi connectivity index (χ4n) is 1.45. The first kappa shape index (κ1) is 13.5. The summed E-state index contributed by atoms with van der Waals surface area (Å²) in [4.78, 5) is 15.4. The average molecular weight is 280 g/mol. The van der Waals surface area contributed by atoms with Crippen LogP contribution >= 0.6 is 11.8 Å². The number of aromatic nitrogens is 3. The molecule has 0 atom stereocenters. The largest absolute Gasteiger partial charge is 0.355 e. The quantitative estimate of drug-likeness (QED) is 0.785. The molecule has 1 aromatic carbocycles. The van der Waals surface area contributed by atoms with Crippen molar-refractivity contribution in [3.05, 3.63) is 42.0 Å². The second-order valence-corrected chi connectivity index (χ2v) is 4.77. The highest BCUT2D eigenvalue weighted by molar-refractivity contribution is 7.99. The van der Waals surface area contributed by atoms with Gasteiger partial charge in [-0.15, -0.1) is 0 Å². The molecule has 7 heteroatoms. The van der Waals surface area contributed by atoms with Crippen LogP contribution in [-0.4, -0.2) is 33.4 Å². The number of carbonyl (C=O) groups excluding carboxylic acids is 1. The van der Waals surface area contributed by atoms with Crippen molar-refractivity contribution in [2.24, 2.45) is 0 Å². The van der Waals surface area contributed by atoms with Gasteiger partial charge in [0.05, 0.1) is 5.75 Å². The van der Waals surface area contributed by atoms with Gasteiger partial charge in [-0.1, -0.05) is 23.9 Å². The molecule has 19 heavy (non-hydrogen) atoms. The fourth-order valence-corrected chi connectivity index (χ4v) is 2.05. The van der Waals surface area contributed by atoms with Crippen molar-refractivity contribution in [3.8, 4) is 0 Å². The lowest BCUT2D eigenvalue weighted by Gasteiger charge is -2.04. The molecule has 0 bridgehead atoms. The van der Waals surface area contributed by atoms with E-state index >= 15 is 0 Å². The molecule has 2 rings (SSSR count). The zero-order chi connectivity index (χ0) is 13.5. The number of rotatable bonds is 6. The summed E-state index contributed by atoms with van der Waals surface area (Å²) in [6, 6.07) is 6.25. The van der Waals surface area contributed by atoms with Gasteiger partial charge in [0.25, 0.3) is 0 Å². The molecule has 2 N–H and O–H groups in total. The van der Waals surface area contributed by atoms with E-state index in [2.05, 4.69) is 20.5 Å². The minimum absolute atomic E-state index is 0.0662. The van der Waals surface area contributed by atoms with E-state index in [1.807, 2.05) is 0 Å². The van der Waals surface area contributed by atoms with E-state index in [1.54, 1.807) is 12.1 Å². The molecule has 0 aliphatic rings. The highest BCUT2D eigenvalue weighted by atomic mass is 32.2. The molecule has 5 nitrogen and oxygen atoms in total. The van der Waals surface area contributed by atoms with Crippen molar-refractivity contribution in [1.82, 2.24) is 20.5 Å². The highest BCUT2D eigenvalue weighted by Crippen LogP contribution is 2.09. The average Bonchev–Trinajstić information content (AvgIpc) is 2.92. The van der Waals surface area contributed by atoms with Crippen LogP contribution in [0, 0.1) is 5.82 Å². The topological polar surface area (TPSA) is 70.7 Å². The van der Waals surface area contributed by atoms with Crippen LogP contribution in [0.25, 0.3) is 0 Å². The Hall–Kier alpha value is -1.89. The SMILES string of the molecule is O=C(CSc1ncn[nH]1)NCCc1ccc(F)cc1. The molecule has 2 aromatic rings. The smallest absolute Gasteiger partial charge is 0.230 e. The first-order valence-electron chi connectivity index (χ1n) is 5.73. The zero-order valence-corrected chi connectivity index (χ0v) is 10.9. The number of benzene rings is 1. The van der Waals surface area contributed by atoms with E-state index in [0.717, 1.165) is 5.56 Å². The van der Waals surface area contributed by atoms with Crippen LogP contribution < -0.4 is 5.32 Å². The van der Waals surface area contributed by atoms with Gasteiger partial charge in [0.1, 0.15) is 12.1 Å². The van der Waals surface area contributed by atoms with E-state index < -0.39 is 0 Å². The number of halogens is 1. The fraction of sp³-hybridized carbons (Fsp3) is 0.250. The maximum absolute atomic E-state index is 12.7. The van der Waals surface area contributed by atoms with Crippen molar-refractivity contribution < 1.29 is 9.18 Å². The van der Waals surface area contributed by atoms with Crippen molar-refractivity contribution >= 4 is 17.7 Å². The number of hydrogen-bond donors (Lipinski definition) is 2. The van der Waals surface area contributed by atoms with E-state index in [4.69, 9.17) is 0 Å². The number of aromatic amines is 1. The summed E-state index contributed by atoms with van der Waals surface area (Å²) in [7, 11) is 0. The van der Waals surface area contributed by atoms with Crippen LogP contribution in [0.2, 0.25) is 0 Å². The van der Waals surface area contributed by atoms with Gasteiger partial charge in [0.15, 0.2) is 5.16 Å². The Morgan fingerprint density at radius 3 is 2.84 bits per heavy atom. The van der Waals surface area contributed by atoms with Gasteiger partial charge in [0, 0.05) is 6.54 Å². The number of hydrogen-bond acceptors (Lipinski definition) is 4. The second-order valence-electron chi connectivity index (χ2n) is 3.81. The summed E-state index contributed by atoms with van der Waals surface area (Å²) in [6.45, 7) is 0.529. The number of H-pyrrole nitrogens is 1. The van der Waals surface area contributed by atoms with E-state index in [-0.39, 0.29) is 11.7 Å². The summed E-state index contributed by atoms with van der Waals surface area (Å²) < 4.78 is 12.7. The lowest BCUT2D eigenvalue weighted by Crippen LogP contribution is -2.27. The molecule has 1 heterocycles. The van der Waals surface area contributed by atoms with E-state index in [0.29, 0.717) is 23.9 Å². The van der Waals surface area contributed by atoms with Gasteiger partial charge < -0.3 is 5.32 Å². The number of thioether (sulfide) groups is 1. The van der Waals surface area contributed by atoms with Crippen LogP contribution in [0.1, 0.15) is 5.56 Å². The predicted octanol–water partition coefficient (Wildman–Crippen LogP) is 1.39. The molecule has 0 spiro atoms. The van der Waals surface area contributed by atoms with Gasteiger partial charge in [-0.2, -0.15) is 5.10 Å². The molecule has 100 valence electrons. The third-order valence-corrected chi connectivity index (χ3v) is 3.26. The second kappa shape index (κ2) is 6.89. The Labute approximate surface area is 114 Å². The maximum Gasteiger partial charge on any atom is 0.230 e. The number of amides is 1. The van der Waals surface area contributed by atoms with Crippen LogP contribution in [0.4, 0.5) is 4.39 Å². The van der Waals surface area contributed by atoms with Gasteiger partial charge in [-0.25, -0.2) is 9.37 Å². The predicted molar refractivity (Wildman–Crippen MR) is 70.2 cm³/mol. The van der Waals surface area contributed by atoms with Crippen LogP contribution in [-0.2, 0) is 11.2 Å².